The molecule has 2 aliphatic rings. The van der Waals surface area contributed by atoms with Gasteiger partial charge in [0.2, 0.25) is 5.95 Å². The number of nitrogens with one attached hydrogen (secondary N) is 2. The second-order valence-corrected chi connectivity index (χ2v) is 7.56. The Morgan fingerprint density at radius 2 is 1.55 bits per heavy atom. The molecule has 0 aromatic carbocycles. The number of aromatic nitrogens is 2. The summed E-state index contributed by atoms with van der Waals surface area (Å²) in [5, 5.41) is 6.89. The first-order valence-electron chi connectivity index (χ1n) is 10.8. The van der Waals surface area contributed by atoms with Crippen LogP contribution in [0.5, 0.6) is 0 Å². The summed E-state index contributed by atoms with van der Waals surface area (Å²) < 4.78 is 0. The number of hydrogen-bond acceptors (Lipinski definition) is 6. The lowest BCUT2D eigenvalue weighted by atomic mass is 10.1. The van der Waals surface area contributed by atoms with E-state index in [-0.39, 0.29) is 24.0 Å². The van der Waals surface area contributed by atoms with E-state index in [0.717, 1.165) is 70.7 Å². The van der Waals surface area contributed by atoms with Gasteiger partial charge in [-0.2, -0.15) is 0 Å². The van der Waals surface area contributed by atoms with E-state index in [0.29, 0.717) is 0 Å². The molecule has 9 heteroatoms. The first kappa shape index (κ1) is 24.1. The Morgan fingerprint density at radius 1 is 0.897 bits per heavy atom. The van der Waals surface area contributed by atoms with Crippen LogP contribution in [0.4, 0.5) is 5.95 Å². The zero-order chi connectivity index (χ0) is 19.4. The molecule has 0 atom stereocenters. The van der Waals surface area contributed by atoms with Crippen molar-refractivity contribution < 1.29 is 0 Å². The molecule has 29 heavy (non-hydrogen) atoms. The highest BCUT2D eigenvalue weighted by Gasteiger charge is 2.18. The van der Waals surface area contributed by atoms with Crippen molar-refractivity contribution in [1.29, 1.82) is 0 Å². The molecule has 0 spiro atoms. The third-order valence-corrected chi connectivity index (χ3v) is 5.54. The number of guanidine groups is 1. The Balaban J connectivity index is 0.00000300. The molecule has 2 N–H and O–H groups in total. The van der Waals surface area contributed by atoms with E-state index in [4.69, 9.17) is 0 Å². The number of piperazine rings is 1. The summed E-state index contributed by atoms with van der Waals surface area (Å²) >= 11 is 0. The number of rotatable bonds is 8. The number of likely N-dealkylation sites (tertiary alicyclic amines) is 1. The smallest absolute Gasteiger partial charge is 0.225 e. The molecular weight excluding hydrogens is 479 g/mol. The Bertz CT molecular complexity index is 571. The van der Waals surface area contributed by atoms with Gasteiger partial charge in [0.05, 0.1) is 0 Å². The minimum Gasteiger partial charge on any atom is -0.356 e. The normalized spacial score (nSPS) is 18.9. The van der Waals surface area contributed by atoms with Crippen molar-refractivity contribution in [2.24, 2.45) is 4.99 Å². The van der Waals surface area contributed by atoms with Gasteiger partial charge < -0.3 is 20.4 Å². The fourth-order valence-electron chi connectivity index (χ4n) is 3.87. The Kier molecular flexibility index (Phi) is 11.6. The first-order valence-corrected chi connectivity index (χ1v) is 10.8. The molecule has 2 aliphatic heterocycles. The topological polar surface area (TPSA) is 71.9 Å². The predicted octanol–water partition coefficient (Wildman–Crippen LogP) is 1.26. The number of hydrogen-bond donors (Lipinski definition) is 2. The highest BCUT2D eigenvalue weighted by atomic mass is 127. The van der Waals surface area contributed by atoms with Crippen molar-refractivity contribution >= 4 is 35.9 Å². The highest BCUT2D eigenvalue weighted by molar-refractivity contribution is 14.0. The van der Waals surface area contributed by atoms with Crippen LogP contribution in [-0.4, -0.2) is 98.2 Å². The van der Waals surface area contributed by atoms with Gasteiger partial charge in [-0.25, -0.2) is 9.97 Å². The monoisotopic (exact) mass is 516 g/mol. The first-order chi connectivity index (χ1) is 13.8. The summed E-state index contributed by atoms with van der Waals surface area (Å²) in [6.45, 7) is 10.8. The maximum Gasteiger partial charge on any atom is 0.225 e. The molecule has 3 heterocycles. The van der Waals surface area contributed by atoms with Crippen LogP contribution < -0.4 is 15.5 Å². The molecule has 0 bridgehead atoms. The van der Waals surface area contributed by atoms with Gasteiger partial charge in [-0.15, -0.1) is 24.0 Å². The van der Waals surface area contributed by atoms with Gasteiger partial charge in [0.1, 0.15) is 0 Å². The van der Waals surface area contributed by atoms with Crippen LogP contribution in [-0.2, 0) is 0 Å². The Labute approximate surface area is 192 Å². The average molecular weight is 516 g/mol. The second kappa shape index (κ2) is 13.9. The van der Waals surface area contributed by atoms with Crippen molar-refractivity contribution in [2.45, 2.75) is 25.7 Å². The van der Waals surface area contributed by atoms with Gasteiger partial charge in [0, 0.05) is 65.3 Å². The van der Waals surface area contributed by atoms with Crippen molar-refractivity contribution in [3.05, 3.63) is 18.5 Å². The molecule has 8 nitrogen and oxygen atoms in total. The standard InChI is InChI=1S/C20H36N8.HI/c1-21-19(23-10-14-26-11-3-2-4-12-26)22-9-6-13-27-15-17-28(18-16-27)20-24-7-5-8-25-20;/h5,7-8H,2-4,6,9-18H2,1H3,(H2,21,22,23);1H. The number of nitrogens with zero attached hydrogens (tertiary/aromatic N) is 6. The van der Waals surface area contributed by atoms with Crippen LogP contribution in [0.2, 0.25) is 0 Å². The molecular formula is C20H37IN8. The molecule has 2 fully saturated rings. The minimum atomic E-state index is 0. The summed E-state index contributed by atoms with van der Waals surface area (Å²) in [4.78, 5) is 20.4. The van der Waals surface area contributed by atoms with Gasteiger partial charge in [-0.3, -0.25) is 9.89 Å². The second-order valence-electron chi connectivity index (χ2n) is 7.56. The van der Waals surface area contributed by atoms with Gasteiger partial charge in [0.15, 0.2) is 5.96 Å². The van der Waals surface area contributed by atoms with Crippen LogP contribution in [0.25, 0.3) is 0 Å². The van der Waals surface area contributed by atoms with E-state index in [1.54, 1.807) is 0 Å². The Morgan fingerprint density at radius 3 is 2.24 bits per heavy atom. The van der Waals surface area contributed by atoms with Crippen LogP contribution in [0.1, 0.15) is 25.7 Å². The molecule has 164 valence electrons. The van der Waals surface area contributed by atoms with Gasteiger partial charge >= 0.3 is 0 Å². The zero-order valence-corrected chi connectivity index (χ0v) is 20.1. The molecule has 0 aliphatic carbocycles. The van der Waals surface area contributed by atoms with Crippen LogP contribution in [0.15, 0.2) is 23.5 Å². The number of piperidine rings is 1. The molecule has 1 aromatic heterocycles. The molecule has 0 saturated carbocycles. The van der Waals surface area contributed by atoms with Crippen LogP contribution in [0.3, 0.4) is 0 Å². The lowest BCUT2D eigenvalue weighted by Crippen LogP contribution is -2.48. The summed E-state index contributed by atoms with van der Waals surface area (Å²) in [6.07, 6.45) is 8.83. The van der Waals surface area contributed by atoms with E-state index < -0.39 is 0 Å². The van der Waals surface area contributed by atoms with E-state index in [1.807, 2.05) is 25.5 Å². The van der Waals surface area contributed by atoms with Crippen LogP contribution in [0, 0.1) is 0 Å². The SMILES string of the molecule is CN=C(NCCCN1CCN(c2ncccn2)CC1)NCCN1CCCCC1.I. The van der Waals surface area contributed by atoms with Crippen molar-refractivity contribution in [1.82, 2.24) is 30.4 Å². The Hall–Kier alpha value is -1.20. The van der Waals surface area contributed by atoms with E-state index in [1.165, 1.54) is 32.4 Å². The molecule has 1 aromatic rings. The third-order valence-electron chi connectivity index (χ3n) is 5.54. The fraction of sp³-hybridized carbons (Fsp3) is 0.750. The molecule has 2 saturated heterocycles. The number of anilines is 1. The van der Waals surface area contributed by atoms with Crippen molar-refractivity contribution in [2.75, 3.05) is 77.4 Å². The molecule has 0 amide bonds. The maximum atomic E-state index is 4.35. The van der Waals surface area contributed by atoms with Gasteiger partial charge in [-0.1, -0.05) is 6.42 Å². The predicted molar refractivity (Wildman–Crippen MR) is 130 cm³/mol. The average Bonchev–Trinajstić information content (AvgIpc) is 2.77. The van der Waals surface area contributed by atoms with Gasteiger partial charge in [-0.05, 0) is 45.0 Å². The quantitative estimate of drug-likeness (QED) is 0.233. The largest absolute Gasteiger partial charge is 0.356 e. The summed E-state index contributed by atoms with van der Waals surface area (Å²) in [6, 6.07) is 1.86. The highest BCUT2D eigenvalue weighted by Crippen LogP contribution is 2.09. The van der Waals surface area contributed by atoms with E-state index >= 15 is 0 Å². The fourth-order valence-corrected chi connectivity index (χ4v) is 3.87. The molecule has 0 radical (unpaired) electrons. The van der Waals surface area contributed by atoms with E-state index in [9.17, 15) is 0 Å². The summed E-state index contributed by atoms with van der Waals surface area (Å²) in [7, 11) is 1.85. The summed E-state index contributed by atoms with van der Waals surface area (Å²) in [5.74, 6) is 1.77. The maximum absolute atomic E-state index is 4.35. The van der Waals surface area contributed by atoms with E-state index in [2.05, 4.69) is 40.3 Å². The number of aliphatic imine (C=N–C) groups is 1. The van der Waals surface area contributed by atoms with Crippen LogP contribution >= 0.6 is 24.0 Å². The number of halogens is 1. The third kappa shape index (κ3) is 8.59. The molecule has 0 unspecified atom stereocenters. The molecule has 3 rings (SSSR count). The zero-order valence-electron chi connectivity index (χ0n) is 17.7. The van der Waals surface area contributed by atoms with Crippen molar-refractivity contribution in [3.63, 3.8) is 0 Å². The lowest BCUT2D eigenvalue weighted by molar-refractivity contribution is 0.232. The minimum absolute atomic E-state index is 0. The van der Waals surface area contributed by atoms with Crippen molar-refractivity contribution in [3.8, 4) is 0 Å². The van der Waals surface area contributed by atoms with Gasteiger partial charge in [0.25, 0.3) is 0 Å². The summed E-state index contributed by atoms with van der Waals surface area (Å²) in [5.41, 5.74) is 0. The lowest BCUT2D eigenvalue weighted by Gasteiger charge is -2.34.